The van der Waals surface area contributed by atoms with Crippen LogP contribution in [-0.2, 0) is 4.79 Å². The molecule has 1 saturated heterocycles. The number of aryl methyl sites for hydroxylation is 2. The molecule has 1 saturated carbocycles. The summed E-state index contributed by atoms with van der Waals surface area (Å²) in [6.07, 6.45) is 1.36. The van der Waals surface area contributed by atoms with E-state index in [1.807, 2.05) is 13.8 Å². The number of halogens is 2. The van der Waals surface area contributed by atoms with Gasteiger partial charge in [-0.3, -0.25) is 4.79 Å². The second-order valence-electron chi connectivity index (χ2n) is 6.11. The zero-order valence-electron chi connectivity index (χ0n) is 12.4. The van der Waals surface area contributed by atoms with Gasteiger partial charge in [-0.2, -0.15) is 5.10 Å². The summed E-state index contributed by atoms with van der Waals surface area (Å²) in [6.45, 7) is 4.58. The van der Waals surface area contributed by atoms with Gasteiger partial charge in [-0.1, -0.05) is 6.42 Å². The van der Waals surface area contributed by atoms with Crippen LogP contribution in [0.4, 0.5) is 8.78 Å². The fraction of sp³-hybridized carbons (Fsp3) is 0.786. The van der Waals surface area contributed by atoms with Crippen molar-refractivity contribution in [3.8, 4) is 0 Å². The van der Waals surface area contributed by atoms with Crippen molar-refractivity contribution in [2.75, 3.05) is 13.1 Å². The second kappa shape index (κ2) is 5.03. The van der Waals surface area contributed by atoms with Crippen LogP contribution >= 0.6 is 0 Å². The summed E-state index contributed by atoms with van der Waals surface area (Å²) >= 11 is 0. The predicted molar refractivity (Wildman–Crippen MR) is 72.0 cm³/mol. The van der Waals surface area contributed by atoms with Crippen LogP contribution in [0.5, 0.6) is 0 Å². The number of carbonyl (C=O) groups is 1. The zero-order valence-corrected chi connectivity index (χ0v) is 12.4. The molecule has 0 spiro atoms. The quantitative estimate of drug-likeness (QED) is 0.840. The van der Waals surface area contributed by atoms with Crippen molar-refractivity contribution in [3.05, 3.63) is 11.6 Å². The maximum atomic E-state index is 13.9. The van der Waals surface area contributed by atoms with E-state index in [4.69, 9.17) is 0 Å². The van der Waals surface area contributed by atoms with Gasteiger partial charge < -0.3 is 4.90 Å². The summed E-state index contributed by atoms with van der Waals surface area (Å²) in [7, 11) is 0. The third-order valence-corrected chi connectivity index (χ3v) is 4.49. The first kappa shape index (κ1) is 14.4. The molecule has 1 aromatic rings. The summed E-state index contributed by atoms with van der Waals surface area (Å²) < 4.78 is 29.5. The summed E-state index contributed by atoms with van der Waals surface area (Å²) in [5.74, 6) is -2.89. The van der Waals surface area contributed by atoms with E-state index in [-0.39, 0.29) is 12.5 Å². The maximum Gasteiger partial charge on any atom is 0.259 e. The molecule has 1 aliphatic carbocycles. The fourth-order valence-electron chi connectivity index (χ4n) is 3.29. The van der Waals surface area contributed by atoms with E-state index < -0.39 is 17.7 Å². The Kier molecular flexibility index (Phi) is 3.45. The molecule has 0 radical (unpaired) electrons. The number of carbonyl (C=O) groups excluding carboxylic acids is 1. The Bertz CT molecular complexity index is 551. The van der Waals surface area contributed by atoms with E-state index in [9.17, 15) is 13.6 Å². The number of nitrogens with zero attached hydrogens (tertiary/aromatic N) is 4. The fourth-order valence-corrected chi connectivity index (χ4v) is 3.29. The van der Waals surface area contributed by atoms with E-state index in [1.165, 1.54) is 4.90 Å². The van der Waals surface area contributed by atoms with Crippen LogP contribution in [0.15, 0.2) is 0 Å². The normalized spacial score (nSPS) is 25.7. The summed E-state index contributed by atoms with van der Waals surface area (Å²) in [5.41, 5.74) is 0. The van der Waals surface area contributed by atoms with Gasteiger partial charge in [-0.05, 0) is 26.7 Å². The van der Waals surface area contributed by atoms with Crippen molar-refractivity contribution in [1.82, 2.24) is 19.7 Å². The van der Waals surface area contributed by atoms with Crippen molar-refractivity contribution >= 4 is 5.91 Å². The van der Waals surface area contributed by atoms with E-state index in [2.05, 4.69) is 10.1 Å². The monoisotopic (exact) mass is 298 g/mol. The van der Waals surface area contributed by atoms with Crippen molar-refractivity contribution < 1.29 is 13.6 Å². The topological polar surface area (TPSA) is 51.0 Å². The lowest BCUT2D eigenvalue weighted by molar-refractivity contribution is -0.161. The van der Waals surface area contributed by atoms with Crippen LogP contribution in [0.25, 0.3) is 0 Å². The Morgan fingerprint density at radius 2 is 2.00 bits per heavy atom. The second-order valence-corrected chi connectivity index (χ2v) is 6.11. The van der Waals surface area contributed by atoms with Crippen LogP contribution in [0.1, 0.15) is 43.4 Å². The van der Waals surface area contributed by atoms with Gasteiger partial charge in [0.2, 0.25) is 5.91 Å². The van der Waals surface area contributed by atoms with Crippen molar-refractivity contribution in [2.45, 2.75) is 51.5 Å². The highest BCUT2D eigenvalue weighted by molar-refractivity contribution is 5.80. The first-order valence-corrected chi connectivity index (χ1v) is 7.45. The molecule has 3 rings (SSSR count). The molecular formula is C14H20F2N4O. The third kappa shape index (κ3) is 2.53. The third-order valence-electron chi connectivity index (χ3n) is 4.49. The molecule has 2 fully saturated rings. The minimum Gasteiger partial charge on any atom is -0.338 e. The number of rotatable bonds is 2. The molecule has 7 heteroatoms. The first-order valence-electron chi connectivity index (χ1n) is 7.45. The largest absolute Gasteiger partial charge is 0.338 e. The van der Waals surface area contributed by atoms with Crippen molar-refractivity contribution in [1.29, 1.82) is 0 Å². The van der Waals surface area contributed by atoms with Crippen LogP contribution in [0.3, 0.4) is 0 Å². The van der Waals surface area contributed by atoms with Crippen LogP contribution in [0.2, 0.25) is 0 Å². The molecule has 2 aliphatic rings. The van der Waals surface area contributed by atoms with Gasteiger partial charge in [0.1, 0.15) is 17.6 Å². The van der Waals surface area contributed by atoms with Gasteiger partial charge in [0.05, 0.1) is 6.04 Å². The van der Waals surface area contributed by atoms with Crippen LogP contribution in [0, 0.1) is 19.8 Å². The summed E-state index contributed by atoms with van der Waals surface area (Å²) in [4.78, 5) is 18.0. The van der Waals surface area contributed by atoms with Gasteiger partial charge in [0.25, 0.3) is 5.92 Å². The van der Waals surface area contributed by atoms with E-state index in [0.29, 0.717) is 38.2 Å². The number of likely N-dealkylation sites (tertiary alicyclic amines) is 1. The maximum absolute atomic E-state index is 13.9. The minimum absolute atomic E-state index is 0.0624. The van der Waals surface area contributed by atoms with E-state index >= 15 is 0 Å². The lowest BCUT2D eigenvalue weighted by Crippen LogP contribution is -2.56. The minimum atomic E-state index is -2.85. The highest BCUT2D eigenvalue weighted by atomic mass is 19.3. The van der Waals surface area contributed by atoms with Gasteiger partial charge in [0, 0.05) is 19.5 Å². The molecule has 1 aliphatic heterocycles. The van der Waals surface area contributed by atoms with Crippen molar-refractivity contribution in [2.24, 2.45) is 5.92 Å². The molecule has 1 unspecified atom stereocenters. The van der Waals surface area contributed by atoms with Crippen molar-refractivity contribution in [3.63, 3.8) is 0 Å². The number of alkyl halides is 2. The number of hydrogen-bond acceptors (Lipinski definition) is 3. The number of hydrogen-bond donors (Lipinski definition) is 0. The van der Waals surface area contributed by atoms with Crippen LogP contribution in [-0.4, -0.2) is 44.6 Å². The molecule has 116 valence electrons. The highest BCUT2D eigenvalue weighted by Crippen LogP contribution is 2.40. The smallest absolute Gasteiger partial charge is 0.259 e. The van der Waals surface area contributed by atoms with Gasteiger partial charge in [-0.25, -0.2) is 18.4 Å². The summed E-state index contributed by atoms with van der Waals surface area (Å²) in [6, 6.07) is 0.0624. The average Bonchev–Trinajstić information content (AvgIpc) is 2.66. The Hall–Kier alpha value is -1.53. The molecule has 21 heavy (non-hydrogen) atoms. The van der Waals surface area contributed by atoms with Gasteiger partial charge in [0.15, 0.2) is 0 Å². The molecule has 0 N–H and O–H groups in total. The molecule has 0 aromatic carbocycles. The predicted octanol–water partition coefficient (Wildman–Crippen LogP) is 2.10. The molecule has 1 atom stereocenters. The Morgan fingerprint density at radius 1 is 1.29 bits per heavy atom. The Morgan fingerprint density at radius 3 is 2.57 bits per heavy atom. The highest BCUT2D eigenvalue weighted by Gasteiger charge is 2.49. The molecule has 5 nitrogen and oxygen atoms in total. The van der Waals surface area contributed by atoms with Gasteiger partial charge >= 0.3 is 0 Å². The first-order chi connectivity index (χ1) is 9.88. The Labute approximate surface area is 122 Å². The molecule has 2 heterocycles. The number of amides is 1. The lowest BCUT2D eigenvalue weighted by Gasteiger charge is -2.43. The standard InChI is InChI=1S/C14H20F2N4O/c1-9-17-10(2)20(18-9)11-7-19(8-11)13(21)12-5-3-4-6-14(12,15)16/h11-12H,3-8H2,1-2H3. The lowest BCUT2D eigenvalue weighted by atomic mass is 9.84. The van der Waals surface area contributed by atoms with Crippen LogP contribution < -0.4 is 0 Å². The number of aromatic nitrogens is 3. The molecule has 0 bridgehead atoms. The SMILES string of the molecule is Cc1nc(C)n(C2CN(C(=O)C3CCCCC3(F)F)C2)n1. The average molecular weight is 298 g/mol. The van der Waals surface area contributed by atoms with E-state index in [0.717, 1.165) is 5.82 Å². The molecule has 1 aromatic heterocycles. The molecule has 1 amide bonds. The molecular weight excluding hydrogens is 278 g/mol. The summed E-state index contributed by atoms with van der Waals surface area (Å²) in [5, 5.41) is 4.29. The van der Waals surface area contributed by atoms with Gasteiger partial charge in [-0.15, -0.1) is 0 Å². The zero-order chi connectivity index (χ0) is 15.2. The Balaban J connectivity index is 1.63. The van der Waals surface area contributed by atoms with E-state index in [1.54, 1.807) is 4.68 Å².